The van der Waals surface area contributed by atoms with Crippen LogP contribution in [-0.4, -0.2) is 6.10 Å². The fourth-order valence-electron chi connectivity index (χ4n) is 2.32. The predicted octanol–water partition coefficient (Wildman–Crippen LogP) is 5.83. The maximum absolute atomic E-state index is 5.68. The Morgan fingerprint density at radius 2 is 1.33 bits per heavy atom. The third kappa shape index (κ3) is 3.87. The van der Waals surface area contributed by atoms with Crippen LogP contribution in [0.25, 0.3) is 11.1 Å². The summed E-state index contributed by atoms with van der Waals surface area (Å²) in [6.45, 7) is 10.9. The number of hydrogen-bond acceptors (Lipinski definition) is 1. The van der Waals surface area contributed by atoms with E-state index >= 15 is 0 Å². The average Bonchev–Trinajstić information content (AvgIpc) is 2.47. The lowest BCUT2D eigenvalue weighted by Gasteiger charge is -2.23. The van der Waals surface area contributed by atoms with Crippen molar-refractivity contribution in [2.45, 2.75) is 52.6 Å². The molecule has 21 heavy (non-hydrogen) atoms. The Kier molecular flexibility index (Phi) is 4.72. The lowest BCUT2D eigenvalue weighted by molar-refractivity contribution is 0.242. The first-order chi connectivity index (χ1) is 9.92. The van der Waals surface area contributed by atoms with Gasteiger partial charge in [-0.05, 0) is 54.5 Å². The van der Waals surface area contributed by atoms with Crippen molar-refractivity contribution in [1.82, 2.24) is 0 Å². The second-order valence-electron chi connectivity index (χ2n) is 6.51. The minimum Gasteiger partial charge on any atom is -0.491 e. The zero-order valence-electron chi connectivity index (χ0n) is 13.8. The van der Waals surface area contributed by atoms with E-state index in [9.17, 15) is 0 Å². The second kappa shape index (κ2) is 6.34. The summed E-state index contributed by atoms with van der Waals surface area (Å²) in [7, 11) is 0. The molecule has 2 aromatic carbocycles. The minimum absolute atomic E-state index is 0.214. The molecule has 1 nitrogen and oxygen atoms in total. The summed E-state index contributed by atoms with van der Waals surface area (Å²) in [5.41, 5.74) is 4.12. The van der Waals surface area contributed by atoms with Crippen molar-refractivity contribution < 1.29 is 4.74 Å². The van der Waals surface area contributed by atoms with Gasteiger partial charge in [-0.1, -0.05) is 57.2 Å². The Hall–Kier alpha value is -1.76. The molecule has 0 spiro atoms. The van der Waals surface area contributed by atoms with E-state index in [2.05, 4.69) is 57.2 Å². The van der Waals surface area contributed by atoms with Gasteiger partial charge in [0, 0.05) is 0 Å². The van der Waals surface area contributed by atoms with Gasteiger partial charge in [-0.15, -0.1) is 0 Å². The maximum atomic E-state index is 5.68. The molecule has 0 aliphatic rings. The molecule has 0 aromatic heterocycles. The van der Waals surface area contributed by atoms with E-state index in [-0.39, 0.29) is 11.5 Å². The molecule has 0 heterocycles. The van der Waals surface area contributed by atoms with E-state index in [1.807, 2.05) is 26.0 Å². The lowest BCUT2D eigenvalue weighted by atomic mass is 9.82. The monoisotopic (exact) mass is 282 g/mol. The highest BCUT2D eigenvalue weighted by molar-refractivity contribution is 5.64. The van der Waals surface area contributed by atoms with Crippen LogP contribution in [0.1, 0.15) is 46.6 Å². The molecule has 0 unspecified atom stereocenters. The molecule has 1 heteroatoms. The molecular formula is C20H26O. The first-order valence-electron chi connectivity index (χ1n) is 7.80. The normalized spacial score (nSPS) is 11.7. The van der Waals surface area contributed by atoms with E-state index < -0.39 is 0 Å². The van der Waals surface area contributed by atoms with Crippen molar-refractivity contribution in [3.05, 3.63) is 54.1 Å². The maximum Gasteiger partial charge on any atom is 0.119 e. The molecule has 0 aliphatic carbocycles. The molecule has 0 bridgehead atoms. The minimum atomic E-state index is 0.214. The van der Waals surface area contributed by atoms with Crippen LogP contribution >= 0.6 is 0 Å². The summed E-state index contributed by atoms with van der Waals surface area (Å²) < 4.78 is 5.68. The highest BCUT2D eigenvalue weighted by atomic mass is 16.5. The molecule has 0 saturated heterocycles. The van der Waals surface area contributed by atoms with Crippen LogP contribution in [0.15, 0.2) is 48.5 Å². The van der Waals surface area contributed by atoms with E-state index in [1.165, 1.54) is 16.7 Å². The molecule has 2 aromatic rings. The topological polar surface area (TPSA) is 9.23 Å². The summed E-state index contributed by atoms with van der Waals surface area (Å²) in [5.74, 6) is 0.928. The largest absolute Gasteiger partial charge is 0.491 e. The van der Waals surface area contributed by atoms with E-state index in [0.717, 1.165) is 12.2 Å². The molecule has 0 saturated carbocycles. The fourth-order valence-corrected chi connectivity index (χ4v) is 2.32. The van der Waals surface area contributed by atoms with Crippen LogP contribution < -0.4 is 4.74 Å². The Morgan fingerprint density at radius 1 is 0.857 bits per heavy atom. The van der Waals surface area contributed by atoms with Gasteiger partial charge in [0.2, 0.25) is 0 Å². The van der Waals surface area contributed by atoms with Gasteiger partial charge < -0.3 is 4.74 Å². The number of hydrogen-bond donors (Lipinski definition) is 0. The lowest BCUT2D eigenvalue weighted by Crippen LogP contribution is -2.14. The summed E-state index contributed by atoms with van der Waals surface area (Å²) in [6, 6.07) is 17.2. The van der Waals surface area contributed by atoms with Crippen LogP contribution in [-0.2, 0) is 5.41 Å². The zero-order valence-corrected chi connectivity index (χ0v) is 13.8. The molecule has 0 aliphatic heterocycles. The van der Waals surface area contributed by atoms with Crippen LogP contribution in [0.5, 0.6) is 5.75 Å². The van der Waals surface area contributed by atoms with Gasteiger partial charge in [0.05, 0.1) is 6.10 Å². The van der Waals surface area contributed by atoms with Gasteiger partial charge in [-0.3, -0.25) is 0 Å². The van der Waals surface area contributed by atoms with Gasteiger partial charge in [0.1, 0.15) is 5.75 Å². The third-order valence-corrected chi connectivity index (χ3v) is 4.11. The highest BCUT2D eigenvalue weighted by Gasteiger charge is 2.17. The third-order valence-electron chi connectivity index (χ3n) is 4.11. The Labute approximate surface area is 129 Å². The van der Waals surface area contributed by atoms with E-state index in [0.29, 0.717) is 0 Å². The van der Waals surface area contributed by atoms with Crippen molar-refractivity contribution in [2.24, 2.45) is 0 Å². The van der Waals surface area contributed by atoms with E-state index in [1.54, 1.807) is 0 Å². The number of benzene rings is 2. The van der Waals surface area contributed by atoms with Gasteiger partial charge in [-0.25, -0.2) is 0 Å². The quantitative estimate of drug-likeness (QED) is 0.670. The summed E-state index contributed by atoms with van der Waals surface area (Å²) in [6.07, 6.45) is 1.36. The van der Waals surface area contributed by atoms with Crippen molar-refractivity contribution in [2.75, 3.05) is 0 Å². The number of ether oxygens (including phenoxy) is 1. The summed E-state index contributed by atoms with van der Waals surface area (Å²) in [5, 5.41) is 0. The van der Waals surface area contributed by atoms with Crippen molar-refractivity contribution >= 4 is 0 Å². The van der Waals surface area contributed by atoms with Crippen molar-refractivity contribution in [3.63, 3.8) is 0 Å². The Bertz CT molecular complexity index is 562. The molecule has 0 N–H and O–H groups in total. The Balaban J connectivity index is 2.19. The molecular weight excluding hydrogens is 256 g/mol. The van der Waals surface area contributed by atoms with Crippen molar-refractivity contribution in [3.8, 4) is 16.9 Å². The SMILES string of the molecule is CCC(C)(C)c1ccc(-c2ccc(OC(C)C)cc2)cc1. The summed E-state index contributed by atoms with van der Waals surface area (Å²) >= 11 is 0. The molecule has 0 amide bonds. The molecule has 2 rings (SSSR count). The highest BCUT2D eigenvalue weighted by Crippen LogP contribution is 2.29. The van der Waals surface area contributed by atoms with Crippen molar-refractivity contribution in [1.29, 1.82) is 0 Å². The predicted molar refractivity (Wildman–Crippen MR) is 91.0 cm³/mol. The first-order valence-corrected chi connectivity index (χ1v) is 7.80. The average molecular weight is 282 g/mol. The smallest absolute Gasteiger partial charge is 0.119 e. The van der Waals surface area contributed by atoms with Crippen LogP contribution in [0.3, 0.4) is 0 Å². The standard InChI is InChI=1S/C20H26O/c1-6-20(4,5)18-11-7-16(8-12-18)17-9-13-19(14-10-17)21-15(2)3/h7-15H,6H2,1-5H3. The van der Waals surface area contributed by atoms with Crippen LogP contribution in [0.4, 0.5) is 0 Å². The van der Waals surface area contributed by atoms with Gasteiger partial charge in [0.25, 0.3) is 0 Å². The van der Waals surface area contributed by atoms with Gasteiger partial charge in [0.15, 0.2) is 0 Å². The molecule has 0 radical (unpaired) electrons. The zero-order chi connectivity index (χ0) is 15.5. The van der Waals surface area contributed by atoms with Gasteiger partial charge >= 0.3 is 0 Å². The van der Waals surface area contributed by atoms with Gasteiger partial charge in [-0.2, -0.15) is 0 Å². The number of rotatable bonds is 5. The second-order valence-corrected chi connectivity index (χ2v) is 6.51. The Morgan fingerprint density at radius 3 is 1.76 bits per heavy atom. The first kappa shape index (κ1) is 15.6. The summed E-state index contributed by atoms with van der Waals surface area (Å²) in [4.78, 5) is 0. The molecule has 0 atom stereocenters. The van der Waals surface area contributed by atoms with Crippen LogP contribution in [0.2, 0.25) is 0 Å². The molecule has 0 fully saturated rings. The van der Waals surface area contributed by atoms with E-state index in [4.69, 9.17) is 4.74 Å². The molecule has 112 valence electrons. The van der Waals surface area contributed by atoms with Crippen LogP contribution in [0, 0.1) is 0 Å². The fraction of sp³-hybridized carbons (Fsp3) is 0.400.